The first-order chi connectivity index (χ1) is 15.3. The molecule has 2 saturated heterocycles. The molecule has 8 heteroatoms. The van der Waals surface area contributed by atoms with Crippen LogP contribution in [0.3, 0.4) is 0 Å². The number of piperidine rings is 2. The summed E-state index contributed by atoms with van der Waals surface area (Å²) in [6, 6.07) is 5.31. The summed E-state index contributed by atoms with van der Waals surface area (Å²) in [5, 5.41) is 12.6. The van der Waals surface area contributed by atoms with Crippen LogP contribution in [-0.4, -0.2) is 69.5 Å². The molecule has 3 fully saturated rings. The van der Waals surface area contributed by atoms with Gasteiger partial charge < -0.3 is 14.7 Å². The third kappa shape index (κ3) is 4.01. The van der Waals surface area contributed by atoms with E-state index < -0.39 is 17.6 Å². The fourth-order valence-corrected chi connectivity index (χ4v) is 5.60. The van der Waals surface area contributed by atoms with Gasteiger partial charge in [0, 0.05) is 37.7 Å². The standard InChI is InChI=1S/C24H31N3O5/c1-24(31)9-11-26(12-10-24)18-3-2-4-20(18)32-16-5-6-17-15(13-16)14-27(23(17)30)19-7-8-21(28)25-22(19)29/h5-6,13,18-20,31H,2-4,7-12,14H2,1H3,(H,25,28,29)/t18-,19?,20-/m1/s1. The lowest BCUT2D eigenvalue weighted by atomic mass is 9.92. The molecule has 5 rings (SSSR count). The quantitative estimate of drug-likeness (QED) is 0.689. The van der Waals surface area contributed by atoms with Gasteiger partial charge in [0.2, 0.25) is 11.8 Å². The summed E-state index contributed by atoms with van der Waals surface area (Å²) in [4.78, 5) is 40.6. The Morgan fingerprint density at radius 2 is 1.91 bits per heavy atom. The molecule has 3 atom stereocenters. The predicted octanol–water partition coefficient (Wildman–Crippen LogP) is 1.59. The van der Waals surface area contributed by atoms with Gasteiger partial charge in [0.1, 0.15) is 17.9 Å². The van der Waals surface area contributed by atoms with Crippen molar-refractivity contribution in [3.05, 3.63) is 29.3 Å². The maximum Gasteiger partial charge on any atom is 0.255 e. The van der Waals surface area contributed by atoms with Gasteiger partial charge in [-0.1, -0.05) is 0 Å². The number of nitrogens with zero attached hydrogens (tertiary/aromatic N) is 2. The van der Waals surface area contributed by atoms with Gasteiger partial charge in [-0.05, 0) is 69.2 Å². The Labute approximate surface area is 187 Å². The summed E-state index contributed by atoms with van der Waals surface area (Å²) in [6.45, 7) is 4.04. The van der Waals surface area contributed by atoms with E-state index in [1.807, 2.05) is 19.1 Å². The number of fused-ring (bicyclic) bond motifs is 1. The van der Waals surface area contributed by atoms with E-state index in [-0.39, 0.29) is 24.3 Å². The van der Waals surface area contributed by atoms with Crippen LogP contribution >= 0.6 is 0 Å². The number of carbonyl (C=O) groups is 3. The normalized spacial score (nSPS) is 30.4. The molecule has 0 aromatic heterocycles. The number of amides is 3. The van der Waals surface area contributed by atoms with E-state index in [1.165, 1.54) is 0 Å². The van der Waals surface area contributed by atoms with Crippen molar-refractivity contribution in [2.45, 2.75) is 82.2 Å². The van der Waals surface area contributed by atoms with E-state index in [0.717, 1.165) is 56.5 Å². The molecule has 1 aliphatic carbocycles. The zero-order valence-corrected chi connectivity index (χ0v) is 18.5. The van der Waals surface area contributed by atoms with E-state index >= 15 is 0 Å². The number of hydrogen-bond acceptors (Lipinski definition) is 6. The number of imide groups is 1. The Balaban J connectivity index is 1.26. The molecule has 3 amide bonds. The summed E-state index contributed by atoms with van der Waals surface area (Å²) in [5.41, 5.74) is 0.899. The molecule has 0 radical (unpaired) electrons. The fraction of sp³-hybridized carbons (Fsp3) is 0.625. The molecule has 1 unspecified atom stereocenters. The van der Waals surface area contributed by atoms with Crippen molar-refractivity contribution in [2.24, 2.45) is 0 Å². The van der Waals surface area contributed by atoms with Gasteiger partial charge >= 0.3 is 0 Å². The number of likely N-dealkylation sites (tertiary alicyclic amines) is 1. The minimum absolute atomic E-state index is 0.0967. The van der Waals surface area contributed by atoms with Gasteiger partial charge in [-0.15, -0.1) is 0 Å². The van der Waals surface area contributed by atoms with Crippen molar-refractivity contribution >= 4 is 17.7 Å². The number of aliphatic hydroxyl groups is 1. The van der Waals surface area contributed by atoms with Crippen LogP contribution in [0, 0.1) is 0 Å². The average molecular weight is 442 g/mol. The number of nitrogens with one attached hydrogen (secondary N) is 1. The topological polar surface area (TPSA) is 99.2 Å². The molecular formula is C24H31N3O5. The van der Waals surface area contributed by atoms with Crippen LogP contribution in [0.5, 0.6) is 5.75 Å². The molecule has 32 heavy (non-hydrogen) atoms. The smallest absolute Gasteiger partial charge is 0.255 e. The van der Waals surface area contributed by atoms with Crippen LogP contribution < -0.4 is 10.1 Å². The highest BCUT2D eigenvalue weighted by Gasteiger charge is 2.40. The predicted molar refractivity (Wildman–Crippen MR) is 116 cm³/mol. The maximum atomic E-state index is 12.9. The molecule has 1 saturated carbocycles. The largest absolute Gasteiger partial charge is 0.489 e. The first-order valence-electron chi connectivity index (χ1n) is 11.7. The van der Waals surface area contributed by atoms with E-state index in [0.29, 0.717) is 24.6 Å². The second-order valence-electron chi connectivity index (χ2n) is 9.91. The molecule has 4 aliphatic rings. The van der Waals surface area contributed by atoms with Crippen LogP contribution in [0.15, 0.2) is 18.2 Å². The molecule has 0 bridgehead atoms. The molecule has 2 N–H and O–H groups in total. The van der Waals surface area contributed by atoms with Crippen molar-refractivity contribution in [3.63, 3.8) is 0 Å². The number of hydrogen-bond donors (Lipinski definition) is 2. The summed E-state index contributed by atoms with van der Waals surface area (Å²) < 4.78 is 6.41. The maximum absolute atomic E-state index is 12.9. The van der Waals surface area contributed by atoms with Gasteiger partial charge in [0.05, 0.1) is 5.60 Å². The summed E-state index contributed by atoms with van der Waals surface area (Å²) >= 11 is 0. The van der Waals surface area contributed by atoms with Gasteiger partial charge in [-0.3, -0.25) is 24.6 Å². The minimum Gasteiger partial charge on any atom is -0.489 e. The minimum atomic E-state index is -0.604. The molecule has 1 aromatic rings. The summed E-state index contributed by atoms with van der Waals surface area (Å²) in [7, 11) is 0. The molecule has 1 aromatic carbocycles. The Kier molecular flexibility index (Phi) is 5.45. The van der Waals surface area contributed by atoms with Crippen LogP contribution in [-0.2, 0) is 16.1 Å². The van der Waals surface area contributed by atoms with E-state index in [1.54, 1.807) is 11.0 Å². The monoisotopic (exact) mass is 441 g/mol. The highest BCUT2D eigenvalue weighted by molar-refractivity contribution is 6.05. The highest BCUT2D eigenvalue weighted by atomic mass is 16.5. The SMILES string of the molecule is CC1(O)CCN([C@@H]2CCC[C@H]2Oc2ccc3c(c2)CN(C2CCC(=O)NC2=O)C3=O)CC1. The Morgan fingerprint density at radius 3 is 2.66 bits per heavy atom. The van der Waals surface area contributed by atoms with Gasteiger partial charge in [-0.25, -0.2) is 0 Å². The lowest BCUT2D eigenvalue weighted by Gasteiger charge is -2.40. The van der Waals surface area contributed by atoms with E-state index in [2.05, 4.69) is 10.2 Å². The van der Waals surface area contributed by atoms with Crippen molar-refractivity contribution in [3.8, 4) is 5.75 Å². The van der Waals surface area contributed by atoms with Gasteiger partial charge in [0.15, 0.2) is 0 Å². The lowest BCUT2D eigenvalue weighted by molar-refractivity contribution is -0.136. The highest BCUT2D eigenvalue weighted by Crippen LogP contribution is 2.34. The Hall–Kier alpha value is -2.45. The fourth-order valence-electron chi connectivity index (χ4n) is 5.60. The van der Waals surface area contributed by atoms with Crippen LogP contribution in [0.4, 0.5) is 0 Å². The third-order valence-electron chi connectivity index (χ3n) is 7.54. The molecule has 3 heterocycles. The number of carbonyl (C=O) groups excluding carboxylic acids is 3. The van der Waals surface area contributed by atoms with E-state index in [9.17, 15) is 19.5 Å². The summed E-state index contributed by atoms with van der Waals surface area (Å²) in [6.07, 6.45) is 5.49. The molecular weight excluding hydrogens is 410 g/mol. The van der Waals surface area contributed by atoms with Crippen molar-refractivity contribution in [1.29, 1.82) is 0 Å². The van der Waals surface area contributed by atoms with Crippen LogP contribution in [0.25, 0.3) is 0 Å². The second-order valence-corrected chi connectivity index (χ2v) is 9.91. The summed E-state index contributed by atoms with van der Waals surface area (Å²) in [5.74, 6) is -0.0922. The zero-order valence-electron chi connectivity index (χ0n) is 18.5. The van der Waals surface area contributed by atoms with Crippen LogP contribution in [0.2, 0.25) is 0 Å². The van der Waals surface area contributed by atoms with Gasteiger partial charge in [0.25, 0.3) is 5.91 Å². The third-order valence-corrected chi connectivity index (χ3v) is 7.54. The number of ether oxygens (including phenoxy) is 1. The van der Waals surface area contributed by atoms with E-state index in [4.69, 9.17) is 4.74 Å². The Morgan fingerprint density at radius 1 is 1.12 bits per heavy atom. The number of benzene rings is 1. The first-order valence-corrected chi connectivity index (χ1v) is 11.7. The van der Waals surface area contributed by atoms with Crippen molar-refractivity contribution in [1.82, 2.24) is 15.1 Å². The zero-order chi connectivity index (χ0) is 22.5. The Bertz CT molecular complexity index is 936. The van der Waals surface area contributed by atoms with Crippen molar-refractivity contribution in [2.75, 3.05) is 13.1 Å². The lowest BCUT2D eigenvalue weighted by Crippen LogP contribution is -2.52. The molecule has 172 valence electrons. The van der Waals surface area contributed by atoms with Crippen LogP contribution in [0.1, 0.15) is 67.8 Å². The second kappa shape index (κ2) is 8.15. The molecule has 0 spiro atoms. The first kappa shape index (κ1) is 21.4. The molecule has 3 aliphatic heterocycles. The molecule has 8 nitrogen and oxygen atoms in total. The number of rotatable bonds is 4. The average Bonchev–Trinajstić information content (AvgIpc) is 3.33. The van der Waals surface area contributed by atoms with Crippen molar-refractivity contribution < 1.29 is 24.2 Å². The van der Waals surface area contributed by atoms with Gasteiger partial charge in [-0.2, -0.15) is 0 Å².